The van der Waals surface area contributed by atoms with E-state index in [2.05, 4.69) is 5.32 Å². The molecule has 0 spiro atoms. The Morgan fingerprint density at radius 3 is 2.52 bits per heavy atom. The second-order valence-corrected chi connectivity index (χ2v) is 6.56. The SMILES string of the molecule is O=C(O)C(CNC(=O)C1CC1c1ccccc1Cl)c1ccc(F)cc1. The topological polar surface area (TPSA) is 66.4 Å². The highest BCUT2D eigenvalue weighted by Crippen LogP contribution is 2.49. The largest absolute Gasteiger partial charge is 0.481 e. The fourth-order valence-electron chi connectivity index (χ4n) is 2.98. The Hall–Kier alpha value is -2.40. The van der Waals surface area contributed by atoms with Gasteiger partial charge in [0, 0.05) is 17.5 Å². The normalized spacial score (nSPS) is 19.9. The van der Waals surface area contributed by atoms with E-state index in [1.165, 1.54) is 24.3 Å². The Kier molecular flexibility index (Phi) is 5.04. The van der Waals surface area contributed by atoms with Gasteiger partial charge in [-0.15, -0.1) is 0 Å². The van der Waals surface area contributed by atoms with Gasteiger partial charge < -0.3 is 10.4 Å². The lowest BCUT2D eigenvalue weighted by molar-refractivity contribution is -0.138. The molecule has 1 aliphatic rings. The molecule has 2 aromatic rings. The van der Waals surface area contributed by atoms with Crippen molar-refractivity contribution < 1.29 is 19.1 Å². The lowest BCUT2D eigenvalue weighted by Crippen LogP contribution is -2.33. The molecule has 0 aromatic heterocycles. The van der Waals surface area contributed by atoms with Gasteiger partial charge in [-0.05, 0) is 41.7 Å². The maximum atomic E-state index is 13.0. The van der Waals surface area contributed by atoms with Crippen molar-refractivity contribution in [1.82, 2.24) is 5.32 Å². The van der Waals surface area contributed by atoms with Gasteiger partial charge in [0.05, 0.1) is 5.92 Å². The summed E-state index contributed by atoms with van der Waals surface area (Å²) in [7, 11) is 0. The van der Waals surface area contributed by atoms with Crippen LogP contribution < -0.4 is 5.32 Å². The van der Waals surface area contributed by atoms with Crippen LogP contribution in [-0.4, -0.2) is 23.5 Å². The first-order valence-electron chi connectivity index (χ1n) is 7.97. The summed E-state index contributed by atoms with van der Waals surface area (Å²) in [5.41, 5.74) is 1.39. The van der Waals surface area contributed by atoms with Crippen LogP contribution in [0.5, 0.6) is 0 Å². The molecule has 3 rings (SSSR count). The van der Waals surface area contributed by atoms with E-state index >= 15 is 0 Å². The number of carboxylic acid groups (broad SMARTS) is 1. The van der Waals surface area contributed by atoms with Crippen LogP contribution >= 0.6 is 11.6 Å². The van der Waals surface area contributed by atoms with Crippen LogP contribution in [0.4, 0.5) is 4.39 Å². The van der Waals surface area contributed by atoms with Gasteiger partial charge in [-0.3, -0.25) is 9.59 Å². The van der Waals surface area contributed by atoms with Gasteiger partial charge in [0.1, 0.15) is 5.82 Å². The number of carbonyl (C=O) groups is 2. The third-order valence-electron chi connectivity index (χ3n) is 4.48. The molecule has 1 saturated carbocycles. The maximum Gasteiger partial charge on any atom is 0.312 e. The number of benzene rings is 2. The number of carboxylic acids is 1. The molecule has 25 heavy (non-hydrogen) atoms. The van der Waals surface area contributed by atoms with Gasteiger partial charge in [-0.1, -0.05) is 41.9 Å². The fourth-order valence-corrected chi connectivity index (χ4v) is 3.26. The quantitative estimate of drug-likeness (QED) is 0.826. The molecule has 1 aliphatic carbocycles. The Labute approximate surface area is 149 Å². The van der Waals surface area contributed by atoms with E-state index in [-0.39, 0.29) is 24.3 Å². The van der Waals surface area contributed by atoms with Gasteiger partial charge in [-0.2, -0.15) is 0 Å². The Morgan fingerprint density at radius 1 is 1.20 bits per heavy atom. The van der Waals surface area contributed by atoms with Crippen LogP contribution in [-0.2, 0) is 9.59 Å². The minimum Gasteiger partial charge on any atom is -0.481 e. The van der Waals surface area contributed by atoms with Crippen LogP contribution in [0.25, 0.3) is 0 Å². The Balaban J connectivity index is 1.61. The summed E-state index contributed by atoms with van der Waals surface area (Å²) >= 11 is 6.15. The highest BCUT2D eigenvalue weighted by Gasteiger charge is 2.44. The van der Waals surface area contributed by atoms with E-state index in [9.17, 15) is 19.1 Å². The van der Waals surface area contributed by atoms with Gasteiger partial charge in [0.2, 0.25) is 5.91 Å². The Morgan fingerprint density at radius 2 is 1.88 bits per heavy atom. The molecule has 2 N–H and O–H groups in total. The number of nitrogens with one attached hydrogen (secondary N) is 1. The number of halogens is 2. The van der Waals surface area contributed by atoms with Crippen molar-refractivity contribution in [2.24, 2.45) is 5.92 Å². The van der Waals surface area contributed by atoms with E-state index in [0.717, 1.165) is 5.56 Å². The van der Waals surface area contributed by atoms with Gasteiger partial charge in [0.25, 0.3) is 0 Å². The first kappa shape index (κ1) is 17.4. The third-order valence-corrected chi connectivity index (χ3v) is 4.83. The van der Waals surface area contributed by atoms with Crippen molar-refractivity contribution >= 4 is 23.5 Å². The first-order valence-corrected chi connectivity index (χ1v) is 8.35. The molecule has 1 fully saturated rings. The van der Waals surface area contributed by atoms with E-state index in [1.807, 2.05) is 18.2 Å². The average molecular weight is 362 g/mol. The number of rotatable bonds is 6. The number of hydrogen-bond acceptors (Lipinski definition) is 2. The number of hydrogen-bond donors (Lipinski definition) is 2. The molecular formula is C19H17ClFNO3. The molecule has 1 amide bonds. The molecule has 3 atom stereocenters. The molecule has 0 aliphatic heterocycles. The number of aliphatic carboxylic acids is 1. The summed E-state index contributed by atoms with van der Waals surface area (Å²) in [6.45, 7) is -0.0362. The Bertz CT molecular complexity index is 794. The summed E-state index contributed by atoms with van der Waals surface area (Å²) < 4.78 is 13.0. The van der Waals surface area contributed by atoms with Gasteiger partial charge >= 0.3 is 5.97 Å². The summed E-state index contributed by atoms with van der Waals surface area (Å²) in [5.74, 6) is -2.71. The van der Waals surface area contributed by atoms with Gasteiger partial charge in [-0.25, -0.2) is 4.39 Å². The molecule has 4 nitrogen and oxygen atoms in total. The monoisotopic (exact) mass is 361 g/mol. The summed E-state index contributed by atoms with van der Waals surface area (Å²) in [5, 5.41) is 12.7. The third kappa shape index (κ3) is 3.99. The van der Waals surface area contributed by atoms with E-state index < -0.39 is 17.7 Å². The molecule has 0 bridgehead atoms. The maximum absolute atomic E-state index is 13.0. The number of carbonyl (C=O) groups excluding carboxylic acids is 1. The fraction of sp³-hybridized carbons (Fsp3) is 0.263. The van der Waals surface area contributed by atoms with E-state index in [1.54, 1.807) is 6.07 Å². The molecule has 130 valence electrons. The first-order chi connectivity index (χ1) is 12.0. The van der Waals surface area contributed by atoms with Crippen LogP contribution in [0.1, 0.15) is 29.4 Å². The second-order valence-electron chi connectivity index (χ2n) is 6.16. The lowest BCUT2D eigenvalue weighted by atomic mass is 9.99. The molecule has 3 unspecified atom stereocenters. The van der Waals surface area contributed by atoms with Crippen LogP contribution in [0, 0.1) is 11.7 Å². The predicted octanol–water partition coefficient (Wildman–Crippen LogP) is 3.57. The summed E-state index contributed by atoms with van der Waals surface area (Å²) in [6.07, 6.45) is 0.698. The number of amides is 1. The zero-order chi connectivity index (χ0) is 18.0. The standard InChI is InChI=1S/C19H17ClFNO3/c20-17-4-2-1-3-13(17)14-9-15(14)18(23)22-10-16(19(24)25)11-5-7-12(21)8-6-11/h1-8,14-16H,9-10H2,(H,22,23)(H,24,25). The molecule has 0 heterocycles. The van der Waals surface area contributed by atoms with Crippen LogP contribution in [0.2, 0.25) is 5.02 Å². The average Bonchev–Trinajstić information content (AvgIpc) is 3.37. The minimum absolute atomic E-state index is 0.0362. The van der Waals surface area contributed by atoms with Crippen molar-refractivity contribution in [1.29, 1.82) is 0 Å². The minimum atomic E-state index is -1.06. The van der Waals surface area contributed by atoms with Crippen molar-refractivity contribution in [3.63, 3.8) is 0 Å². The molecule has 0 radical (unpaired) electrons. The highest BCUT2D eigenvalue weighted by atomic mass is 35.5. The van der Waals surface area contributed by atoms with Crippen molar-refractivity contribution in [2.45, 2.75) is 18.3 Å². The van der Waals surface area contributed by atoms with E-state index in [0.29, 0.717) is 17.0 Å². The molecule has 0 saturated heterocycles. The van der Waals surface area contributed by atoms with Crippen LogP contribution in [0.3, 0.4) is 0 Å². The smallest absolute Gasteiger partial charge is 0.312 e. The lowest BCUT2D eigenvalue weighted by Gasteiger charge is -2.14. The summed E-state index contributed by atoms with van der Waals surface area (Å²) in [4.78, 5) is 23.8. The second kappa shape index (κ2) is 7.23. The zero-order valence-corrected chi connectivity index (χ0v) is 14.0. The summed E-state index contributed by atoms with van der Waals surface area (Å²) in [6, 6.07) is 12.7. The zero-order valence-electron chi connectivity index (χ0n) is 13.3. The van der Waals surface area contributed by atoms with Crippen LogP contribution in [0.15, 0.2) is 48.5 Å². The predicted molar refractivity (Wildman–Crippen MR) is 92.1 cm³/mol. The molecule has 2 aromatic carbocycles. The van der Waals surface area contributed by atoms with Crippen molar-refractivity contribution in [3.8, 4) is 0 Å². The van der Waals surface area contributed by atoms with E-state index in [4.69, 9.17) is 11.6 Å². The van der Waals surface area contributed by atoms with Crippen molar-refractivity contribution in [3.05, 3.63) is 70.5 Å². The highest BCUT2D eigenvalue weighted by molar-refractivity contribution is 6.31. The molecule has 6 heteroatoms. The van der Waals surface area contributed by atoms with Gasteiger partial charge in [0.15, 0.2) is 0 Å². The van der Waals surface area contributed by atoms with Crippen molar-refractivity contribution in [2.75, 3.05) is 6.54 Å². The molecular weight excluding hydrogens is 345 g/mol.